The molecule has 2 nitrogen and oxygen atoms in total. The van der Waals surface area contributed by atoms with E-state index in [9.17, 15) is 0 Å². The summed E-state index contributed by atoms with van der Waals surface area (Å²) in [5.74, 6) is 0.909. The Bertz CT molecular complexity index is 119. The zero-order valence-corrected chi connectivity index (χ0v) is 8.12. The van der Waals surface area contributed by atoms with E-state index in [-0.39, 0.29) is 12.2 Å². The van der Waals surface area contributed by atoms with Gasteiger partial charge in [0.2, 0.25) is 0 Å². The van der Waals surface area contributed by atoms with Crippen LogP contribution in [0.5, 0.6) is 0 Å². The van der Waals surface area contributed by atoms with E-state index in [1.165, 1.54) is 25.7 Å². The molecular weight excluding hydrogens is 152 g/mol. The van der Waals surface area contributed by atoms with E-state index >= 15 is 0 Å². The maximum absolute atomic E-state index is 9.13. The first-order valence-electron chi connectivity index (χ1n) is 5.00. The molecular formula is C10H20O2. The Hall–Kier alpha value is -0.0800. The van der Waals surface area contributed by atoms with Crippen LogP contribution in [0.4, 0.5) is 0 Å². The van der Waals surface area contributed by atoms with Gasteiger partial charge in [-0.3, -0.25) is 0 Å². The van der Waals surface area contributed by atoms with Crippen LogP contribution in [0.15, 0.2) is 0 Å². The van der Waals surface area contributed by atoms with Crippen molar-refractivity contribution in [2.24, 2.45) is 5.92 Å². The van der Waals surface area contributed by atoms with Crippen molar-refractivity contribution >= 4 is 0 Å². The third-order valence-electron chi connectivity index (χ3n) is 2.81. The molecule has 12 heavy (non-hydrogen) atoms. The van der Waals surface area contributed by atoms with Gasteiger partial charge in [-0.2, -0.15) is 0 Å². The maximum atomic E-state index is 9.13. The van der Waals surface area contributed by atoms with Crippen LogP contribution in [-0.4, -0.2) is 23.9 Å². The quantitative estimate of drug-likeness (QED) is 0.687. The smallest absolute Gasteiger partial charge is 0.0803 e. The maximum Gasteiger partial charge on any atom is 0.0803 e. The molecule has 0 aromatic heterocycles. The van der Waals surface area contributed by atoms with E-state index in [1.54, 1.807) is 6.92 Å². The monoisotopic (exact) mass is 172 g/mol. The minimum atomic E-state index is -0.341. The Morgan fingerprint density at radius 2 is 2.08 bits per heavy atom. The SMILES string of the molecule is CC(OCCC1CCC1)[C@@H](C)O. The molecule has 0 heterocycles. The lowest BCUT2D eigenvalue weighted by molar-refractivity contribution is -0.0252. The minimum Gasteiger partial charge on any atom is -0.391 e. The van der Waals surface area contributed by atoms with Crippen molar-refractivity contribution in [2.75, 3.05) is 6.61 Å². The molecule has 1 aliphatic carbocycles. The highest BCUT2D eigenvalue weighted by molar-refractivity contribution is 4.69. The van der Waals surface area contributed by atoms with E-state index in [1.807, 2.05) is 6.92 Å². The Morgan fingerprint density at radius 3 is 2.50 bits per heavy atom. The summed E-state index contributed by atoms with van der Waals surface area (Å²) >= 11 is 0. The van der Waals surface area contributed by atoms with Gasteiger partial charge in [0.25, 0.3) is 0 Å². The van der Waals surface area contributed by atoms with Crippen LogP contribution in [0.25, 0.3) is 0 Å². The van der Waals surface area contributed by atoms with Gasteiger partial charge < -0.3 is 9.84 Å². The van der Waals surface area contributed by atoms with Gasteiger partial charge in [-0.1, -0.05) is 19.3 Å². The van der Waals surface area contributed by atoms with E-state index in [0.29, 0.717) is 0 Å². The molecule has 1 rings (SSSR count). The molecule has 0 radical (unpaired) electrons. The first-order chi connectivity index (χ1) is 5.70. The third kappa shape index (κ3) is 3.11. The lowest BCUT2D eigenvalue weighted by atomic mass is 9.83. The summed E-state index contributed by atoms with van der Waals surface area (Å²) in [6.45, 7) is 4.51. The van der Waals surface area contributed by atoms with Crippen molar-refractivity contribution in [1.82, 2.24) is 0 Å². The molecule has 0 aromatic carbocycles. The number of aliphatic hydroxyl groups excluding tert-OH is 1. The highest BCUT2D eigenvalue weighted by Crippen LogP contribution is 2.29. The first-order valence-corrected chi connectivity index (χ1v) is 5.00. The molecule has 2 heteroatoms. The average molecular weight is 172 g/mol. The van der Waals surface area contributed by atoms with Crippen molar-refractivity contribution < 1.29 is 9.84 Å². The molecule has 0 aliphatic heterocycles. The number of ether oxygens (including phenoxy) is 1. The summed E-state index contributed by atoms with van der Waals surface area (Å²) in [6, 6.07) is 0. The summed E-state index contributed by atoms with van der Waals surface area (Å²) in [5.41, 5.74) is 0. The van der Waals surface area contributed by atoms with Gasteiger partial charge in [0.15, 0.2) is 0 Å². The Balaban J connectivity index is 1.93. The molecule has 1 fully saturated rings. The zero-order valence-electron chi connectivity index (χ0n) is 8.12. The van der Waals surface area contributed by atoms with E-state index in [4.69, 9.17) is 9.84 Å². The molecule has 1 saturated carbocycles. The van der Waals surface area contributed by atoms with Crippen LogP contribution in [-0.2, 0) is 4.74 Å². The number of hydrogen-bond acceptors (Lipinski definition) is 2. The fourth-order valence-electron chi connectivity index (χ4n) is 1.34. The fraction of sp³-hybridized carbons (Fsp3) is 1.00. The molecule has 0 bridgehead atoms. The van der Waals surface area contributed by atoms with Crippen LogP contribution in [0.2, 0.25) is 0 Å². The van der Waals surface area contributed by atoms with Gasteiger partial charge in [0.1, 0.15) is 0 Å². The molecule has 0 saturated heterocycles. The van der Waals surface area contributed by atoms with Gasteiger partial charge in [-0.05, 0) is 26.2 Å². The minimum absolute atomic E-state index is 0.00919. The third-order valence-corrected chi connectivity index (χ3v) is 2.81. The van der Waals surface area contributed by atoms with Gasteiger partial charge in [-0.25, -0.2) is 0 Å². The largest absolute Gasteiger partial charge is 0.391 e. The number of rotatable bonds is 5. The summed E-state index contributed by atoms with van der Waals surface area (Å²) < 4.78 is 5.46. The van der Waals surface area contributed by atoms with Gasteiger partial charge in [0, 0.05) is 6.61 Å². The summed E-state index contributed by atoms with van der Waals surface area (Å²) in [6.07, 6.45) is 4.99. The Kier molecular flexibility index (Phi) is 4.02. The number of hydrogen-bond donors (Lipinski definition) is 1. The van der Waals surface area contributed by atoms with Gasteiger partial charge in [-0.15, -0.1) is 0 Å². The molecule has 1 unspecified atom stereocenters. The van der Waals surface area contributed by atoms with Crippen LogP contribution < -0.4 is 0 Å². The average Bonchev–Trinajstić information content (AvgIpc) is 1.93. The van der Waals surface area contributed by atoms with Crippen LogP contribution >= 0.6 is 0 Å². The van der Waals surface area contributed by atoms with Gasteiger partial charge in [0.05, 0.1) is 12.2 Å². The second-order valence-electron chi connectivity index (χ2n) is 3.90. The van der Waals surface area contributed by atoms with E-state index < -0.39 is 0 Å². The topological polar surface area (TPSA) is 29.5 Å². The Labute approximate surface area is 74.9 Å². The lowest BCUT2D eigenvalue weighted by Crippen LogP contribution is -2.24. The molecule has 1 N–H and O–H groups in total. The Morgan fingerprint density at radius 1 is 1.42 bits per heavy atom. The van der Waals surface area contributed by atoms with Crippen LogP contribution in [0.1, 0.15) is 39.5 Å². The molecule has 0 spiro atoms. The van der Waals surface area contributed by atoms with Crippen molar-refractivity contribution in [3.8, 4) is 0 Å². The van der Waals surface area contributed by atoms with Crippen LogP contribution in [0, 0.1) is 5.92 Å². The van der Waals surface area contributed by atoms with Crippen molar-refractivity contribution in [2.45, 2.75) is 51.7 Å². The number of aliphatic hydroxyl groups is 1. The lowest BCUT2D eigenvalue weighted by Gasteiger charge is -2.26. The molecule has 72 valence electrons. The summed E-state index contributed by atoms with van der Waals surface area (Å²) in [4.78, 5) is 0. The summed E-state index contributed by atoms with van der Waals surface area (Å²) in [7, 11) is 0. The normalized spacial score (nSPS) is 23.2. The zero-order chi connectivity index (χ0) is 8.97. The molecule has 1 aliphatic rings. The standard InChI is InChI=1S/C10H20O2/c1-8(11)9(2)12-7-6-10-4-3-5-10/h8-11H,3-7H2,1-2H3/t8-,9?/m1/s1. The predicted molar refractivity (Wildman–Crippen MR) is 49.1 cm³/mol. The highest BCUT2D eigenvalue weighted by Gasteiger charge is 2.17. The summed E-state index contributed by atoms with van der Waals surface area (Å²) in [5, 5.41) is 9.13. The van der Waals surface area contributed by atoms with E-state index in [0.717, 1.165) is 12.5 Å². The predicted octanol–water partition coefficient (Wildman–Crippen LogP) is 1.96. The van der Waals surface area contributed by atoms with Gasteiger partial charge >= 0.3 is 0 Å². The van der Waals surface area contributed by atoms with Crippen molar-refractivity contribution in [3.63, 3.8) is 0 Å². The van der Waals surface area contributed by atoms with Crippen molar-refractivity contribution in [1.29, 1.82) is 0 Å². The fourth-order valence-corrected chi connectivity index (χ4v) is 1.34. The van der Waals surface area contributed by atoms with Crippen LogP contribution in [0.3, 0.4) is 0 Å². The first kappa shape index (κ1) is 10.0. The van der Waals surface area contributed by atoms with Crippen molar-refractivity contribution in [3.05, 3.63) is 0 Å². The second kappa shape index (κ2) is 4.83. The molecule has 2 atom stereocenters. The second-order valence-corrected chi connectivity index (χ2v) is 3.90. The molecule has 0 aromatic rings. The highest BCUT2D eigenvalue weighted by atomic mass is 16.5. The van der Waals surface area contributed by atoms with E-state index in [2.05, 4.69) is 0 Å². The molecule has 0 amide bonds.